The molecule has 1 aliphatic heterocycles. The largest absolute Gasteiger partial charge is 0.481 e. The molecular formula is C13H13N3O4S. The second-order valence-electron chi connectivity index (χ2n) is 4.59. The Morgan fingerprint density at radius 1 is 1.62 bits per heavy atom. The number of carboxylic acids is 1. The van der Waals surface area contributed by atoms with E-state index in [1.165, 1.54) is 18.2 Å². The zero-order chi connectivity index (χ0) is 15.4. The predicted molar refractivity (Wildman–Crippen MR) is 78.5 cm³/mol. The number of nitrogens with zero attached hydrogens (tertiary/aromatic N) is 3. The van der Waals surface area contributed by atoms with E-state index in [1.807, 2.05) is 11.0 Å². The van der Waals surface area contributed by atoms with Crippen LogP contribution in [0.4, 0.5) is 11.4 Å². The zero-order valence-corrected chi connectivity index (χ0v) is 11.9. The Morgan fingerprint density at radius 3 is 3.00 bits per heavy atom. The van der Waals surface area contributed by atoms with E-state index in [9.17, 15) is 20.2 Å². The third kappa shape index (κ3) is 3.44. The van der Waals surface area contributed by atoms with Crippen molar-refractivity contribution in [1.29, 1.82) is 5.26 Å². The molecule has 1 N–H and O–H groups in total. The molecule has 0 amide bonds. The minimum absolute atomic E-state index is 0.0190. The Kier molecular flexibility index (Phi) is 4.65. The number of hydrogen-bond donors (Lipinski definition) is 1. The van der Waals surface area contributed by atoms with E-state index in [0.29, 0.717) is 18.0 Å². The van der Waals surface area contributed by atoms with Crippen molar-refractivity contribution in [1.82, 2.24) is 0 Å². The molecular weight excluding hydrogens is 294 g/mol. The number of thioether (sulfide) groups is 1. The van der Waals surface area contributed by atoms with Crippen molar-refractivity contribution in [3.63, 3.8) is 0 Å². The number of non-ortho nitro benzene ring substituents is 1. The van der Waals surface area contributed by atoms with Crippen molar-refractivity contribution in [2.24, 2.45) is 0 Å². The van der Waals surface area contributed by atoms with Gasteiger partial charge in [0.1, 0.15) is 6.07 Å². The summed E-state index contributed by atoms with van der Waals surface area (Å²) in [7, 11) is 0. The molecule has 21 heavy (non-hydrogen) atoms. The Labute approximate surface area is 125 Å². The van der Waals surface area contributed by atoms with E-state index in [2.05, 4.69) is 0 Å². The van der Waals surface area contributed by atoms with Gasteiger partial charge in [0.25, 0.3) is 5.69 Å². The monoisotopic (exact) mass is 307 g/mol. The molecule has 7 nitrogen and oxygen atoms in total. The molecule has 0 bridgehead atoms. The highest BCUT2D eigenvalue weighted by Gasteiger charge is 2.27. The summed E-state index contributed by atoms with van der Waals surface area (Å²) in [5.41, 5.74) is 0.623. The normalized spacial score (nSPS) is 18.0. The molecule has 110 valence electrons. The van der Waals surface area contributed by atoms with E-state index < -0.39 is 10.9 Å². The molecule has 0 spiro atoms. The van der Waals surface area contributed by atoms with E-state index in [4.69, 9.17) is 5.11 Å². The first kappa shape index (κ1) is 15.1. The van der Waals surface area contributed by atoms with Gasteiger partial charge in [0, 0.05) is 36.2 Å². The summed E-state index contributed by atoms with van der Waals surface area (Å²) < 4.78 is 0. The van der Waals surface area contributed by atoms with Gasteiger partial charge in [-0.15, -0.1) is 0 Å². The van der Waals surface area contributed by atoms with Crippen molar-refractivity contribution in [3.05, 3.63) is 33.9 Å². The fourth-order valence-corrected chi connectivity index (χ4v) is 3.38. The van der Waals surface area contributed by atoms with Gasteiger partial charge in [0.2, 0.25) is 0 Å². The molecule has 1 fully saturated rings. The molecule has 2 rings (SSSR count). The first-order valence-electron chi connectivity index (χ1n) is 6.27. The minimum Gasteiger partial charge on any atom is -0.481 e. The predicted octanol–water partition coefficient (Wildman–Crippen LogP) is 1.86. The number of nitro benzene ring substituents is 1. The SMILES string of the molecule is N#Cc1cc([N+](=O)[O-])ccc1N1CCSCC1CC(=O)O. The third-order valence-corrected chi connectivity index (χ3v) is 4.35. The lowest BCUT2D eigenvalue weighted by molar-refractivity contribution is -0.384. The molecule has 1 saturated heterocycles. The van der Waals surface area contributed by atoms with Gasteiger partial charge in [-0.05, 0) is 6.07 Å². The molecule has 1 atom stereocenters. The van der Waals surface area contributed by atoms with Gasteiger partial charge in [-0.1, -0.05) is 0 Å². The summed E-state index contributed by atoms with van der Waals surface area (Å²) in [6.07, 6.45) is -0.0190. The number of nitro groups is 1. The van der Waals surface area contributed by atoms with E-state index in [0.717, 1.165) is 5.75 Å². The Balaban J connectivity index is 2.36. The summed E-state index contributed by atoms with van der Waals surface area (Å²) in [5.74, 6) is 0.597. The molecule has 1 unspecified atom stereocenters. The van der Waals surface area contributed by atoms with Crippen LogP contribution >= 0.6 is 11.8 Å². The minimum atomic E-state index is -0.895. The van der Waals surface area contributed by atoms with Crippen LogP contribution in [-0.4, -0.2) is 40.1 Å². The van der Waals surface area contributed by atoms with Crippen LogP contribution < -0.4 is 4.90 Å². The van der Waals surface area contributed by atoms with Crippen molar-refractivity contribution in [2.75, 3.05) is 23.0 Å². The zero-order valence-electron chi connectivity index (χ0n) is 11.1. The second-order valence-corrected chi connectivity index (χ2v) is 5.74. The van der Waals surface area contributed by atoms with Crippen LogP contribution in [0.5, 0.6) is 0 Å². The van der Waals surface area contributed by atoms with Crippen LogP contribution in [-0.2, 0) is 4.79 Å². The van der Waals surface area contributed by atoms with Gasteiger partial charge in [-0.3, -0.25) is 14.9 Å². The average Bonchev–Trinajstić information content (AvgIpc) is 2.46. The molecule has 1 heterocycles. The highest BCUT2D eigenvalue weighted by atomic mass is 32.2. The molecule has 0 radical (unpaired) electrons. The summed E-state index contributed by atoms with van der Waals surface area (Å²) in [6, 6.07) is 5.85. The topological polar surface area (TPSA) is 107 Å². The lowest BCUT2D eigenvalue weighted by atomic mass is 10.1. The Bertz CT molecular complexity index is 614. The number of aliphatic carboxylic acids is 1. The number of rotatable bonds is 4. The summed E-state index contributed by atoms with van der Waals surface area (Å²) in [6.45, 7) is 0.620. The maximum atomic E-state index is 11.0. The number of nitriles is 1. The Hall–Kier alpha value is -2.27. The van der Waals surface area contributed by atoms with Gasteiger partial charge in [0.05, 0.1) is 22.6 Å². The van der Waals surface area contributed by atoms with Crippen LogP contribution in [0.3, 0.4) is 0 Å². The highest BCUT2D eigenvalue weighted by Crippen LogP contribution is 2.30. The highest BCUT2D eigenvalue weighted by molar-refractivity contribution is 7.99. The lowest BCUT2D eigenvalue weighted by Crippen LogP contribution is -2.44. The molecule has 0 saturated carbocycles. The molecule has 1 aromatic rings. The molecule has 1 aliphatic rings. The summed E-state index contributed by atoms with van der Waals surface area (Å²) >= 11 is 1.67. The number of carboxylic acid groups (broad SMARTS) is 1. The van der Waals surface area contributed by atoms with Crippen molar-refractivity contribution < 1.29 is 14.8 Å². The number of benzene rings is 1. The molecule has 1 aromatic carbocycles. The van der Waals surface area contributed by atoms with Crippen molar-refractivity contribution in [2.45, 2.75) is 12.5 Å². The first-order valence-corrected chi connectivity index (χ1v) is 7.43. The molecule has 0 aliphatic carbocycles. The van der Waals surface area contributed by atoms with Gasteiger partial charge < -0.3 is 10.0 Å². The maximum Gasteiger partial charge on any atom is 0.305 e. The van der Waals surface area contributed by atoms with E-state index >= 15 is 0 Å². The van der Waals surface area contributed by atoms with Crippen LogP contribution in [0.25, 0.3) is 0 Å². The van der Waals surface area contributed by atoms with Gasteiger partial charge in [-0.2, -0.15) is 17.0 Å². The summed E-state index contributed by atoms with van der Waals surface area (Å²) in [5, 5.41) is 29.0. The first-order chi connectivity index (χ1) is 10.0. The second kappa shape index (κ2) is 6.45. The fraction of sp³-hybridized carbons (Fsp3) is 0.385. The number of carbonyl (C=O) groups is 1. The number of hydrogen-bond acceptors (Lipinski definition) is 6. The standard InChI is InChI=1S/C13H13N3O4S/c14-7-9-5-10(16(19)20)1-2-12(9)15-3-4-21-8-11(15)6-13(17)18/h1-2,5,11H,3-4,6,8H2,(H,17,18). The number of anilines is 1. The quantitative estimate of drug-likeness (QED) is 0.668. The fourth-order valence-electron chi connectivity index (χ4n) is 2.32. The Morgan fingerprint density at radius 2 is 2.38 bits per heavy atom. The van der Waals surface area contributed by atoms with E-state index in [-0.39, 0.29) is 23.7 Å². The van der Waals surface area contributed by atoms with Crippen molar-refractivity contribution in [3.8, 4) is 6.07 Å². The van der Waals surface area contributed by atoms with Gasteiger partial charge in [-0.25, -0.2) is 0 Å². The van der Waals surface area contributed by atoms with Gasteiger partial charge >= 0.3 is 5.97 Å². The van der Waals surface area contributed by atoms with Crippen LogP contribution in [0.1, 0.15) is 12.0 Å². The molecule has 8 heteroatoms. The van der Waals surface area contributed by atoms with Crippen molar-refractivity contribution >= 4 is 29.1 Å². The third-order valence-electron chi connectivity index (χ3n) is 3.26. The molecule has 0 aromatic heterocycles. The lowest BCUT2D eigenvalue weighted by Gasteiger charge is -2.36. The van der Waals surface area contributed by atoms with Crippen LogP contribution in [0.15, 0.2) is 18.2 Å². The average molecular weight is 307 g/mol. The van der Waals surface area contributed by atoms with Gasteiger partial charge in [0.15, 0.2) is 0 Å². The summed E-state index contributed by atoms with van der Waals surface area (Å²) in [4.78, 5) is 23.0. The van der Waals surface area contributed by atoms with Crippen LogP contribution in [0.2, 0.25) is 0 Å². The van der Waals surface area contributed by atoms with Crippen LogP contribution in [0, 0.1) is 21.4 Å². The van der Waals surface area contributed by atoms with E-state index in [1.54, 1.807) is 11.8 Å². The maximum absolute atomic E-state index is 11.0. The smallest absolute Gasteiger partial charge is 0.305 e.